The van der Waals surface area contributed by atoms with Gasteiger partial charge in [0.05, 0.1) is 0 Å². The van der Waals surface area contributed by atoms with E-state index in [4.69, 9.17) is 0 Å². The minimum absolute atomic E-state index is 0.273. The fourth-order valence-electron chi connectivity index (χ4n) is 1.03. The first-order chi connectivity index (χ1) is 4.27. The first-order valence-corrected chi connectivity index (χ1v) is 6.07. The van der Waals surface area contributed by atoms with Gasteiger partial charge in [0, 0.05) is 5.75 Å². The van der Waals surface area contributed by atoms with Gasteiger partial charge in [0.25, 0.3) is 0 Å². The summed E-state index contributed by atoms with van der Waals surface area (Å²) < 4.78 is 9.74. The Kier molecular flexibility index (Phi) is 3.24. The van der Waals surface area contributed by atoms with E-state index in [2.05, 4.69) is 27.7 Å². The summed E-state index contributed by atoms with van der Waals surface area (Å²) in [6, 6.07) is 0. The van der Waals surface area contributed by atoms with Gasteiger partial charge in [0.1, 0.15) is 0 Å². The van der Waals surface area contributed by atoms with Crippen LogP contribution in [0.15, 0.2) is 0 Å². The first-order valence-electron chi connectivity index (χ1n) is 3.73. The van der Waals surface area contributed by atoms with Crippen molar-refractivity contribution in [1.82, 2.24) is 0 Å². The molecule has 0 rings (SSSR count). The summed E-state index contributed by atoms with van der Waals surface area (Å²) in [6.45, 7) is 8.57. The highest BCUT2D eigenvalue weighted by Gasteiger charge is 2.20. The number of hydrogen-bond acceptors (Lipinski definition) is 1. The van der Waals surface area contributed by atoms with E-state index in [1.165, 1.54) is 0 Å². The smallest absolute Gasteiger partial charge is 0.00337 e. The molecule has 0 radical (unpaired) electrons. The van der Waals surface area contributed by atoms with Crippen molar-refractivity contribution in [3.63, 3.8) is 0 Å². The van der Waals surface area contributed by atoms with Crippen LogP contribution in [0.25, 0.3) is 0 Å². The Morgan fingerprint density at radius 1 is 1.30 bits per heavy atom. The molecule has 0 aliphatic heterocycles. The molecular formula is C8H20OS. The third kappa shape index (κ3) is 5.12. The molecule has 1 atom stereocenters. The van der Waals surface area contributed by atoms with Gasteiger partial charge in [0.2, 0.25) is 0 Å². The topological polar surface area (TPSA) is 20.2 Å². The van der Waals surface area contributed by atoms with Crippen LogP contribution in [0.2, 0.25) is 0 Å². The van der Waals surface area contributed by atoms with E-state index < -0.39 is 10.3 Å². The normalized spacial score (nSPS) is 21.8. The van der Waals surface area contributed by atoms with E-state index in [9.17, 15) is 4.55 Å². The Bertz CT molecular complexity index is 102. The van der Waals surface area contributed by atoms with E-state index in [0.29, 0.717) is 0 Å². The minimum Gasteiger partial charge on any atom is -0.352 e. The number of rotatable bonds is 2. The van der Waals surface area contributed by atoms with Crippen LogP contribution in [0, 0.1) is 5.41 Å². The molecule has 0 heterocycles. The van der Waals surface area contributed by atoms with Crippen molar-refractivity contribution in [3.8, 4) is 0 Å². The van der Waals surface area contributed by atoms with Crippen LogP contribution in [0.5, 0.6) is 0 Å². The van der Waals surface area contributed by atoms with E-state index in [1.54, 1.807) is 0 Å². The zero-order valence-electron chi connectivity index (χ0n) is 7.77. The maximum absolute atomic E-state index is 9.74. The van der Waals surface area contributed by atoms with Crippen molar-refractivity contribution >= 4 is 10.3 Å². The summed E-state index contributed by atoms with van der Waals surface area (Å²) in [4.78, 5) is 0. The Morgan fingerprint density at radius 2 is 1.70 bits per heavy atom. The summed E-state index contributed by atoms with van der Waals surface area (Å²) in [5.41, 5.74) is 0.273. The highest BCUT2D eigenvalue weighted by Crippen LogP contribution is 2.43. The van der Waals surface area contributed by atoms with Gasteiger partial charge in [-0.3, -0.25) is 0 Å². The second kappa shape index (κ2) is 3.14. The zero-order chi connectivity index (χ0) is 8.41. The van der Waals surface area contributed by atoms with Crippen molar-refractivity contribution < 1.29 is 4.55 Å². The average Bonchev–Trinajstić information content (AvgIpc) is 1.60. The van der Waals surface area contributed by atoms with Gasteiger partial charge in [-0.15, -0.1) is 10.3 Å². The summed E-state index contributed by atoms with van der Waals surface area (Å²) in [6.07, 6.45) is 1.98. The molecule has 0 bridgehead atoms. The lowest BCUT2D eigenvalue weighted by atomic mass is 10.0. The lowest BCUT2D eigenvalue weighted by Crippen LogP contribution is -2.18. The molecule has 0 aromatic heterocycles. The molecule has 0 spiro atoms. The molecule has 0 saturated carbocycles. The Balaban J connectivity index is 3.89. The fourth-order valence-corrected chi connectivity index (χ4v) is 3.10. The van der Waals surface area contributed by atoms with Crippen LogP contribution in [0.1, 0.15) is 27.7 Å². The molecule has 0 fully saturated rings. The second-order valence-electron chi connectivity index (χ2n) is 4.22. The standard InChI is InChI=1S/C8H20OS/c1-6-10(5,9)7-8(2,3)4/h9H,6-7H2,1-5H3. The van der Waals surface area contributed by atoms with Gasteiger partial charge in [-0.25, -0.2) is 0 Å². The van der Waals surface area contributed by atoms with E-state index in [0.717, 1.165) is 11.5 Å². The Hall–Kier alpha value is 0.310. The summed E-state index contributed by atoms with van der Waals surface area (Å²) in [7, 11) is -1.28. The fraction of sp³-hybridized carbons (Fsp3) is 1.00. The third-order valence-electron chi connectivity index (χ3n) is 1.37. The van der Waals surface area contributed by atoms with Crippen LogP contribution >= 0.6 is 10.3 Å². The van der Waals surface area contributed by atoms with Crippen LogP contribution in [-0.2, 0) is 0 Å². The number of hydrogen-bond donors (Lipinski definition) is 1. The summed E-state index contributed by atoms with van der Waals surface area (Å²) in [5.74, 6) is 1.88. The van der Waals surface area contributed by atoms with Gasteiger partial charge in [0.15, 0.2) is 0 Å². The molecule has 2 heteroatoms. The molecule has 1 nitrogen and oxygen atoms in total. The first kappa shape index (κ1) is 10.3. The predicted molar refractivity (Wildman–Crippen MR) is 51.0 cm³/mol. The molecule has 10 heavy (non-hydrogen) atoms. The molecule has 64 valence electrons. The molecule has 0 aliphatic rings. The Labute approximate surface area is 66.4 Å². The van der Waals surface area contributed by atoms with Gasteiger partial charge >= 0.3 is 0 Å². The predicted octanol–water partition coefficient (Wildman–Crippen LogP) is 2.96. The summed E-state index contributed by atoms with van der Waals surface area (Å²) in [5, 5.41) is 0. The van der Waals surface area contributed by atoms with Gasteiger partial charge in [-0.2, -0.15) is 0 Å². The zero-order valence-corrected chi connectivity index (χ0v) is 8.59. The van der Waals surface area contributed by atoms with Gasteiger partial charge in [-0.1, -0.05) is 27.7 Å². The largest absolute Gasteiger partial charge is 0.352 e. The van der Waals surface area contributed by atoms with E-state index in [1.807, 2.05) is 6.26 Å². The minimum atomic E-state index is -1.28. The lowest BCUT2D eigenvalue weighted by molar-refractivity contribution is 0.464. The molecule has 0 aromatic carbocycles. The maximum atomic E-state index is 9.74. The highest BCUT2D eigenvalue weighted by atomic mass is 32.3. The van der Waals surface area contributed by atoms with Crippen LogP contribution in [0.3, 0.4) is 0 Å². The molecular weight excluding hydrogens is 144 g/mol. The van der Waals surface area contributed by atoms with Crippen molar-refractivity contribution in [1.29, 1.82) is 0 Å². The molecule has 1 unspecified atom stereocenters. The quantitative estimate of drug-likeness (QED) is 0.665. The molecule has 0 aliphatic carbocycles. The third-order valence-corrected chi connectivity index (χ3v) is 4.10. The summed E-state index contributed by atoms with van der Waals surface area (Å²) >= 11 is 0. The van der Waals surface area contributed by atoms with Crippen molar-refractivity contribution in [2.45, 2.75) is 27.7 Å². The molecule has 1 N–H and O–H groups in total. The van der Waals surface area contributed by atoms with Gasteiger partial charge < -0.3 is 4.55 Å². The SMILES string of the molecule is CCS(C)(O)CC(C)(C)C. The van der Waals surface area contributed by atoms with Gasteiger partial charge in [-0.05, 0) is 17.4 Å². The van der Waals surface area contributed by atoms with Crippen molar-refractivity contribution in [2.24, 2.45) is 5.41 Å². The van der Waals surface area contributed by atoms with E-state index >= 15 is 0 Å². The van der Waals surface area contributed by atoms with Crippen molar-refractivity contribution in [2.75, 3.05) is 17.8 Å². The molecule has 0 aromatic rings. The molecule has 0 saturated heterocycles. The van der Waals surface area contributed by atoms with E-state index in [-0.39, 0.29) is 5.41 Å². The monoisotopic (exact) mass is 164 g/mol. The van der Waals surface area contributed by atoms with Crippen molar-refractivity contribution in [3.05, 3.63) is 0 Å². The van der Waals surface area contributed by atoms with Crippen LogP contribution < -0.4 is 0 Å². The highest BCUT2D eigenvalue weighted by molar-refractivity contribution is 8.28. The van der Waals surface area contributed by atoms with Crippen LogP contribution in [0.4, 0.5) is 0 Å². The Morgan fingerprint density at radius 3 is 1.80 bits per heavy atom. The molecule has 0 amide bonds. The lowest BCUT2D eigenvalue weighted by Gasteiger charge is -2.34. The average molecular weight is 164 g/mol. The second-order valence-corrected chi connectivity index (χ2v) is 7.53. The maximum Gasteiger partial charge on any atom is 0.00337 e. The van der Waals surface area contributed by atoms with Crippen LogP contribution in [-0.4, -0.2) is 22.3 Å².